The van der Waals surface area contributed by atoms with Gasteiger partial charge in [-0.15, -0.1) is 0 Å². The molecule has 3 rings (SSSR count). The van der Waals surface area contributed by atoms with Crippen LogP contribution in [0.5, 0.6) is 0 Å². The van der Waals surface area contributed by atoms with E-state index in [4.69, 9.17) is 0 Å². The van der Waals surface area contributed by atoms with Gasteiger partial charge in [0, 0.05) is 38.6 Å². The van der Waals surface area contributed by atoms with Gasteiger partial charge in [-0.25, -0.2) is 0 Å². The topological polar surface area (TPSA) is 23.6 Å². The lowest BCUT2D eigenvalue weighted by Gasteiger charge is -2.37. The first kappa shape index (κ1) is 14.3. The van der Waals surface area contributed by atoms with Crippen LogP contribution in [0.3, 0.4) is 0 Å². The summed E-state index contributed by atoms with van der Waals surface area (Å²) in [6.07, 6.45) is 7.85. The van der Waals surface area contributed by atoms with Crippen LogP contribution in [0.25, 0.3) is 6.08 Å². The summed E-state index contributed by atoms with van der Waals surface area (Å²) >= 11 is 0. The van der Waals surface area contributed by atoms with Crippen molar-refractivity contribution in [1.29, 1.82) is 0 Å². The van der Waals surface area contributed by atoms with Gasteiger partial charge in [-0.05, 0) is 18.4 Å². The minimum atomic E-state index is 0.342. The molecular weight excluding hydrogens is 260 g/mol. The maximum absolute atomic E-state index is 12.2. The summed E-state index contributed by atoms with van der Waals surface area (Å²) in [5, 5.41) is 0. The molecule has 0 N–H and O–H groups in total. The van der Waals surface area contributed by atoms with Crippen molar-refractivity contribution >= 4 is 12.0 Å². The Morgan fingerprint density at radius 1 is 1.10 bits per heavy atom. The summed E-state index contributed by atoms with van der Waals surface area (Å²) in [5.41, 5.74) is 1.25. The number of rotatable bonds is 4. The molecule has 1 heterocycles. The molecule has 112 valence electrons. The average molecular weight is 284 g/mol. The van der Waals surface area contributed by atoms with Crippen LogP contribution in [0.1, 0.15) is 24.8 Å². The van der Waals surface area contributed by atoms with E-state index in [1.165, 1.54) is 12.0 Å². The average Bonchev–Trinajstić information content (AvgIpc) is 2.47. The highest BCUT2D eigenvalue weighted by atomic mass is 16.2. The van der Waals surface area contributed by atoms with Gasteiger partial charge in [-0.2, -0.15) is 0 Å². The third-order valence-electron chi connectivity index (χ3n) is 4.61. The zero-order valence-corrected chi connectivity index (χ0v) is 12.6. The Morgan fingerprint density at radius 3 is 2.43 bits per heavy atom. The molecule has 3 heteroatoms. The first-order valence-electron chi connectivity index (χ1n) is 8.05. The quantitative estimate of drug-likeness (QED) is 0.848. The van der Waals surface area contributed by atoms with Crippen LogP contribution in [0, 0.1) is 5.92 Å². The van der Waals surface area contributed by atoms with Gasteiger partial charge >= 0.3 is 0 Å². The molecule has 0 spiro atoms. The lowest BCUT2D eigenvalue weighted by molar-refractivity contribution is -0.139. The van der Waals surface area contributed by atoms with E-state index >= 15 is 0 Å². The zero-order valence-electron chi connectivity index (χ0n) is 12.6. The van der Waals surface area contributed by atoms with Gasteiger partial charge in [0.1, 0.15) is 0 Å². The van der Waals surface area contributed by atoms with Gasteiger partial charge in [0.2, 0.25) is 5.91 Å². The van der Waals surface area contributed by atoms with E-state index in [9.17, 15) is 4.79 Å². The molecule has 0 unspecified atom stereocenters. The minimum absolute atomic E-state index is 0.342. The molecule has 1 saturated heterocycles. The molecule has 1 amide bonds. The SMILES string of the molecule is O=C(C1CCC1)N1CCN(CC=Cc2ccccc2)CC1. The van der Waals surface area contributed by atoms with Crippen molar-refractivity contribution in [2.24, 2.45) is 5.92 Å². The van der Waals surface area contributed by atoms with E-state index in [-0.39, 0.29) is 0 Å². The fraction of sp³-hybridized carbons (Fsp3) is 0.500. The summed E-state index contributed by atoms with van der Waals surface area (Å²) < 4.78 is 0. The van der Waals surface area contributed by atoms with Crippen LogP contribution in [-0.4, -0.2) is 48.4 Å². The summed E-state index contributed by atoms with van der Waals surface area (Å²) in [6.45, 7) is 4.76. The second-order valence-electron chi connectivity index (χ2n) is 6.07. The van der Waals surface area contributed by atoms with E-state index in [2.05, 4.69) is 46.2 Å². The fourth-order valence-electron chi connectivity index (χ4n) is 2.97. The molecule has 1 aliphatic heterocycles. The van der Waals surface area contributed by atoms with E-state index in [0.29, 0.717) is 11.8 Å². The first-order valence-corrected chi connectivity index (χ1v) is 8.05. The van der Waals surface area contributed by atoms with Crippen molar-refractivity contribution in [3.8, 4) is 0 Å². The molecule has 0 bridgehead atoms. The number of carbonyl (C=O) groups excluding carboxylic acids is 1. The summed E-state index contributed by atoms with van der Waals surface area (Å²) in [5.74, 6) is 0.746. The van der Waals surface area contributed by atoms with Crippen LogP contribution in [0.4, 0.5) is 0 Å². The van der Waals surface area contributed by atoms with Crippen LogP contribution in [-0.2, 0) is 4.79 Å². The van der Waals surface area contributed by atoms with Crippen molar-refractivity contribution in [2.75, 3.05) is 32.7 Å². The highest BCUT2D eigenvalue weighted by Crippen LogP contribution is 2.28. The van der Waals surface area contributed by atoms with Gasteiger partial charge in [-0.3, -0.25) is 9.69 Å². The maximum Gasteiger partial charge on any atom is 0.225 e. The Kier molecular flexibility index (Phi) is 4.71. The van der Waals surface area contributed by atoms with Crippen LogP contribution in [0.15, 0.2) is 36.4 Å². The van der Waals surface area contributed by atoms with E-state index in [1.807, 2.05) is 6.07 Å². The van der Waals surface area contributed by atoms with E-state index in [1.54, 1.807) is 0 Å². The number of carbonyl (C=O) groups is 1. The molecule has 1 aromatic rings. The molecule has 0 aromatic heterocycles. The smallest absolute Gasteiger partial charge is 0.225 e. The predicted octanol–water partition coefficient (Wildman–Crippen LogP) is 2.64. The minimum Gasteiger partial charge on any atom is -0.340 e. The molecule has 21 heavy (non-hydrogen) atoms. The molecule has 2 aliphatic rings. The van der Waals surface area contributed by atoms with E-state index < -0.39 is 0 Å². The summed E-state index contributed by atoms with van der Waals surface area (Å²) in [7, 11) is 0. The third-order valence-corrected chi connectivity index (χ3v) is 4.61. The Bertz CT molecular complexity index is 485. The summed E-state index contributed by atoms with van der Waals surface area (Å²) in [4.78, 5) is 16.7. The normalized spacial score (nSPS) is 20.7. The molecule has 1 aliphatic carbocycles. The Balaban J connectivity index is 1.41. The number of hydrogen-bond donors (Lipinski definition) is 0. The van der Waals surface area contributed by atoms with Crippen molar-refractivity contribution < 1.29 is 4.79 Å². The Hall–Kier alpha value is -1.61. The van der Waals surface area contributed by atoms with Crippen molar-refractivity contribution in [2.45, 2.75) is 19.3 Å². The number of nitrogens with zero attached hydrogens (tertiary/aromatic N) is 2. The molecular formula is C18H24N2O. The number of amides is 1. The predicted molar refractivity (Wildman–Crippen MR) is 85.8 cm³/mol. The van der Waals surface area contributed by atoms with Crippen LogP contribution < -0.4 is 0 Å². The third kappa shape index (κ3) is 3.73. The standard InChI is InChI=1S/C18H24N2O/c21-18(17-9-4-10-17)20-14-12-19(13-15-20)11-5-8-16-6-2-1-3-7-16/h1-3,5-8,17H,4,9-15H2. The van der Waals surface area contributed by atoms with Crippen LogP contribution >= 0.6 is 0 Å². The highest BCUT2D eigenvalue weighted by molar-refractivity contribution is 5.79. The zero-order chi connectivity index (χ0) is 14.5. The molecule has 3 nitrogen and oxygen atoms in total. The van der Waals surface area contributed by atoms with Crippen molar-refractivity contribution in [3.05, 3.63) is 42.0 Å². The van der Waals surface area contributed by atoms with Crippen molar-refractivity contribution in [1.82, 2.24) is 9.80 Å². The summed E-state index contributed by atoms with van der Waals surface area (Å²) in [6, 6.07) is 10.4. The molecule has 0 atom stereocenters. The second-order valence-corrected chi connectivity index (χ2v) is 6.07. The maximum atomic E-state index is 12.2. The van der Waals surface area contributed by atoms with Gasteiger partial charge in [-0.1, -0.05) is 48.9 Å². The second kappa shape index (κ2) is 6.90. The monoisotopic (exact) mass is 284 g/mol. The Morgan fingerprint density at radius 2 is 1.81 bits per heavy atom. The molecule has 1 saturated carbocycles. The molecule has 2 fully saturated rings. The highest BCUT2D eigenvalue weighted by Gasteiger charge is 2.30. The van der Waals surface area contributed by atoms with Gasteiger partial charge in [0.25, 0.3) is 0 Å². The number of piperazine rings is 1. The van der Waals surface area contributed by atoms with Gasteiger partial charge in [0.05, 0.1) is 0 Å². The lowest BCUT2D eigenvalue weighted by Crippen LogP contribution is -2.51. The molecule has 1 aromatic carbocycles. The van der Waals surface area contributed by atoms with Crippen LogP contribution in [0.2, 0.25) is 0 Å². The van der Waals surface area contributed by atoms with Gasteiger partial charge in [0.15, 0.2) is 0 Å². The first-order chi connectivity index (χ1) is 10.3. The number of benzene rings is 1. The number of hydrogen-bond acceptors (Lipinski definition) is 2. The Labute approximate surface area is 127 Å². The van der Waals surface area contributed by atoms with Crippen molar-refractivity contribution in [3.63, 3.8) is 0 Å². The molecule has 0 radical (unpaired) electrons. The largest absolute Gasteiger partial charge is 0.340 e. The fourth-order valence-corrected chi connectivity index (χ4v) is 2.97. The van der Waals surface area contributed by atoms with E-state index in [0.717, 1.165) is 45.6 Å². The lowest BCUT2D eigenvalue weighted by atomic mass is 9.84. The van der Waals surface area contributed by atoms with Gasteiger partial charge < -0.3 is 4.90 Å².